The number of hydrogen-bond donors (Lipinski definition) is 3. The third kappa shape index (κ3) is 4.21. The van der Waals surface area contributed by atoms with Gasteiger partial charge in [-0.25, -0.2) is 9.99 Å². The van der Waals surface area contributed by atoms with Crippen molar-refractivity contribution in [2.75, 3.05) is 13.1 Å². The maximum Gasteiger partial charge on any atom is 0.137 e. The van der Waals surface area contributed by atoms with Crippen LogP contribution in [-0.4, -0.2) is 28.1 Å². The van der Waals surface area contributed by atoms with Crippen LogP contribution in [0.3, 0.4) is 0 Å². The van der Waals surface area contributed by atoms with Crippen molar-refractivity contribution >= 4 is 41.1 Å². The molecule has 0 fully saturated rings. The Bertz CT molecular complexity index is 854. The fourth-order valence-electron chi connectivity index (χ4n) is 2.60. The maximum absolute atomic E-state index is 4.56. The summed E-state index contributed by atoms with van der Waals surface area (Å²) < 4.78 is 0. The summed E-state index contributed by atoms with van der Waals surface area (Å²) >= 11 is 6.11. The van der Waals surface area contributed by atoms with Crippen LogP contribution in [0.1, 0.15) is 19.4 Å². The number of nitrogens with one attached hydrogen (secondary N) is 2. The molecule has 0 aliphatic rings. The number of nitrogens with zero attached hydrogens (tertiary/aromatic N) is 2. The van der Waals surface area contributed by atoms with E-state index in [0.29, 0.717) is 0 Å². The molecule has 0 spiro atoms. The SMILES string of the molecule is CCN(CC)N/C(=C\S)c1c[nH]c2ncc(Sc3ccccc3)cc12. The van der Waals surface area contributed by atoms with E-state index in [1.165, 1.54) is 4.90 Å². The van der Waals surface area contributed by atoms with E-state index in [4.69, 9.17) is 0 Å². The first kappa shape index (κ1) is 17.9. The highest BCUT2D eigenvalue weighted by Gasteiger charge is 2.12. The molecule has 0 bridgehead atoms. The topological polar surface area (TPSA) is 44.0 Å². The van der Waals surface area contributed by atoms with E-state index < -0.39 is 0 Å². The van der Waals surface area contributed by atoms with Gasteiger partial charge in [0, 0.05) is 46.2 Å². The molecule has 4 nitrogen and oxygen atoms in total. The minimum absolute atomic E-state index is 0.876. The van der Waals surface area contributed by atoms with Crippen molar-refractivity contribution in [1.82, 2.24) is 20.4 Å². The summed E-state index contributed by atoms with van der Waals surface area (Å²) in [5, 5.41) is 5.02. The molecule has 3 rings (SSSR count). The molecule has 2 heterocycles. The third-order valence-corrected chi connectivity index (χ3v) is 5.17. The number of hydrogen-bond acceptors (Lipinski definition) is 5. The van der Waals surface area contributed by atoms with Gasteiger partial charge in [0.2, 0.25) is 0 Å². The van der Waals surface area contributed by atoms with Gasteiger partial charge in [-0.15, -0.1) is 12.6 Å². The van der Waals surface area contributed by atoms with Crippen molar-refractivity contribution < 1.29 is 0 Å². The quantitative estimate of drug-likeness (QED) is 0.413. The molecule has 0 aliphatic heterocycles. The van der Waals surface area contributed by atoms with E-state index >= 15 is 0 Å². The van der Waals surface area contributed by atoms with Crippen molar-refractivity contribution in [3.05, 3.63) is 59.8 Å². The number of fused-ring (bicyclic) bond motifs is 1. The first-order valence-electron chi connectivity index (χ1n) is 8.31. The number of aromatic nitrogens is 2. The Morgan fingerprint density at radius 3 is 2.68 bits per heavy atom. The van der Waals surface area contributed by atoms with Gasteiger partial charge in [0.1, 0.15) is 5.65 Å². The minimum Gasteiger partial charge on any atom is -0.345 e. The summed E-state index contributed by atoms with van der Waals surface area (Å²) in [7, 11) is 0. The normalized spacial score (nSPS) is 12.1. The lowest BCUT2D eigenvalue weighted by Crippen LogP contribution is -2.36. The average molecular weight is 371 g/mol. The second kappa shape index (κ2) is 8.47. The minimum atomic E-state index is 0.876. The molecular formula is C19H22N4S2. The van der Waals surface area contributed by atoms with Gasteiger partial charge in [0.15, 0.2) is 0 Å². The van der Waals surface area contributed by atoms with Crippen LogP contribution in [0.15, 0.2) is 64.0 Å². The monoisotopic (exact) mass is 370 g/mol. The average Bonchev–Trinajstić information content (AvgIpc) is 3.07. The zero-order valence-electron chi connectivity index (χ0n) is 14.4. The summed E-state index contributed by atoms with van der Waals surface area (Å²) in [5.41, 5.74) is 6.34. The lowest BCUT2D eigenvalue weighted by molar-refractivity contribution is 0.255. The van der Waals surface area contributed by atoms with E-state index in [1.807, 2.05) is 30.6 Å². The summed E-state index contributed by atoms with van der Waals surface area (Å²) in [6.07, 6.45) is 3.88. The molecule has 6 heteroatoms. The van der Waals surface area contributed by atoms with Gasteiger partial charge >= 0.3 is 0 Å². The molecule has 1 aromatic carbocycles. The number of aromatic amines is 1. The number of thiol groups is 1. The van der Waals surface area contributed by atoms with Gasteiger partial charge in [-0.3, -0.25) is 0 Å². The predicted octanol–water partition coefficient (Wildman–Crippen LogP) is 4.79. The molecule has 2 N–H and O–H groups in total. The second-order valence-corrected chi connectivity index (χ2v) is 6.92. The highest BCUT2D eigenvalue weighted by molar-refractivity contribution is 7.99. The molecular weight excluding hydrogens is 348 g/mol. The second-order valence-electron chi connectivity index (χ2n) is 5.51. The van der Waals surface area contributed by atoms with Crippen molar-refractivity contribution in [2.24, 2.45) is 0 Å². The first-order valence-corrected chi connectivity index (χ1v) is 9.64. The Morgan fingerprint density at radius 1 is 1.24 bits per heavy atom. The highest BCUT2D eigenvalue weighted by atomic mass is 32.2. The van der Waals surface area contributed by atoms with Crippen LogP contribution < -0.4 is 5.43 Å². The predicted molar refractivity (Wildman–Crippen MR) is 110 cm³/mol. The van der Waals surface area contributed by atoms with Crippen molar-refractivity contribution in [3.8, 4) is 0 Å². The molecule has 0 aliphatic carbocycles. The van der Waals surface area contributed by atoms with Crippen LogP contribution in [0.25, 0.3) is 16.7 Å². The Hall–Kier alpha value is -1.89. The van der Waals surface area contributed by atoms with E-state index in [9.17, 15) is 0 Å². The van der Waals surface area contributed by atoms with Gasteiger partial charge in [0.05, 0.1) is 5.70 Å². The van der Waals surface area contributed by atoms with Crippen LogP contribution in [0.4, 0.5) is 0 Å². The van der Waals surface area contributed by atoms with E-state index in [2.05, 4.69) is 65.1 Å². The molecule has 25 heavy (non-hydrogen) atoms. The molecule has 0 amide bonds. The molecule has 3 aromatic rings. The molecule has 0 unspecified atom stereocenters. The molecule has 2 aromatic heterocycles. The zero-order valence-corrected chi connectivity index (χ0v) is 16.1. The molecule has 0 saturated heterocycles. The van der Waals surface area contributed by atoms with E-state index in [1.54, 1.807) is 17.2 Å². The van der Waals surface area contributed by atoms with Gasteiger partial charge in [-0.05, 0) is 23.6 Å². The van der Waals surface area contributed by atoms with Gasteiger partial charge < -0.3 is 10.4 Å². The molecule has 0 atom stereocenters. The fraction of sp³-hybridized carbons (Fsp3) is 0.211. The molecule has 130 valence electrons. The third-order valence-electron chi connectivity index (χ3n) is 3.95. The van der Waals surface area contributed by atoms with Crippen LogP contribution in [0.2, 0.25) is 0 Å². The maximum atomic E-state index is 4.56. The van der Waals surface area contributed by atoms with Gasteiger partial charge in [0.25, 0.3) is 0 Å². The van der Waals surface area contributed by atoms with Crippen LogP contribution >= 0.6 is 24.4 Å². The van der Waals surface area contributed by atoms with Crippen LogP contribution in [0, 0.1) is 0 Å². The lowest BCUT2D eigenvalue weighted by atomic mass is 10.2. The van der Waals surface area contributed by atoms with Crippen LogP contribution in [0.5, 0.6) is 0 Å². The Labute approximate surface area is 158 Å². The number of hydrazine groups is 1. The van der Waals surface area contributed by atoms with E-state index in [0.717, 1.165) is 40.3 Å². The smallest absolute Gasteiger partial charge is 0.137 e. The summed E-state index contributed by atoms with van der Waals surface area (Å²) in [5.74, 6) is 0. The molecule has 0 saturated carbocycles. The number of rotatable bonds is 7. The lowest BCUT2D eigenvalue weighted by Gasteiger charge is -2.22. The van der Waals surface area contributed by atoms with Crippen molar-refractivity contribution in [2.45, 2.75) is 23.6 Å². The Kier molecular flexibility index (Phi) is 6.07. The summed E-state index contributed by atoms with van der Waals surface area (Å²) in [6, 6.07) is 12.5. The largest absolute Gasteiger partial charge is 0.345 e. The van der Waals surface area contributed by atoms with Crippen LogP contribution in [-0.2, 0) is 0 Å². The Morgan fingerprint density at radius 2 is 2.00 bits per heavy atom. The number of H-pyrrole nitrogens is 1. The number of benzene rings is 1. The fourth-order valence-corrected chi connectivity index (χ4v) is 3.64. The number of pyridine rings is 1. The van der Waals surface area contributed by atoms with Gasteiger partial charge in [-0.1, -0.05) is 43.8 Å². The zero-order chi connectivity index (χ0) is 17.6. The van der Waals surface area contributed by atoms with E-state index in [-0.39, 0.29) is 0 Å². The van der Waals surface area contributed by atoms with Crippen molar-refractivity contribution in [1.29, 1.82) is 0 Å². The Balaban J connectivity index is 1.92. The summed E-state index contributed by atoms with van der Waals surface area (Å²) in [6.45, 7) is 6.07. The standard InChI is InChI=1S/C19H22N4S2/c1-3-23(4-2)22-18(13-24)17-12-21-19-16(17)10-15(11-20-19)25-14-8-6-5-7-9-14/h5-13,22,24H,3-4H2,1-2H3,(H,20,21)/b18-13-. The molecule has 0 radical (unpaired) electrons. The van der Waals surface area contributed by atoms with Gasteiger partial charge in [-0.2, -0.15) is 0 Å². The highest BCUT2D eigenvalue weighted by Crippen LogP contribution is 2.31. The van der Waals surface area contributed by atoms with Crippen molar-refractivity contribution in [3.63, 3.8) is 0 Å². The summed E-state index contributed by atoms with van der Waals surface area (Å²) in [4.78, 5) is 10.1. The first-order chi connectivity index (χ1) is 12.2.